The number of halogens is 1. The highest BCUT2D eigenvalue weighted by Gasteiger charge is 2.08. The minimum atomic E-state index is 0.607. The van der Waals surface area contributed by atoms with Crippen LogP contribution in [0.1, 0.15) is 10.4 Å². The number of nitrogens with zero attached hydrogens (tertiary/aromatic N) is 2. The molecule has 0 bridgehead atoms. The number of pyridine rings is 1. The van der Waals surface area contributed by atoms with Crippen LogP contribution in [0.3, 0.4) is 0 Å². The van der Waals surface area contributed by atoms with Crippen molar-refractivity contribution in [2.75, 3.05) is 0 Å². The van der Waals surface area contributed by atoms with Gasteiger partial charge in [0.15, 0.2) is 10.4 Å². The second-order valence-electron chi connectivity index (χ2n) is 3.57. The van der Waals surface area contributed by atoms with E-state index in [1.165, 1.54) is 0 Å². The smallest absolute Gasteiger partial charge is 0.169 e. The molecule has 0 aliphatic rings. The van der Waals surface area contributed by atoms with Crippen LogP contribution in [0.25, 0.3) is 17.1 Å². The summed E-state index contributed by atoms with van der Waals surface area (Å²) in [4.78, 5) is 15.1. The number of hydrogen-bond acceptors (Lipinski definition) is 3. The lowest BCUT2D eigenvalue weighted by Crippen LogP contribution is -1.85. The van der Waals surface area contributed by atoms with Gasteiger partial charge in [0.1, 0.15) is 17.6 Å². The second kappa shape index (κ2) is 3.85. The van der Waals surface area contributed by atoms with Crippen molar-refractivity contribution in [3.05, 3.63) is 46.9 Å². The van der Waals surface area contributed by atoms with Crippen LogP contribution in [-0.4, -0.2) is 15.7 Å². The third-order valence-electron chi connectivity index (χ3n) is 2.45. The molecule has 0 saturated carbocycles. The first-order chi connectivity index (χ1) is 8.26. The standard InChI is InChI=1S/C12H7BrN2O2/c13-11-2-1-10(17-11)9-6-15-4-3-8(7-16)5-12(15)14-9/h1-7H. The summed E-state index contributed by atoms with van der Waals surface area (Å²) in [5, 5.41) is 0. The molecule has 0 spiro atoms. The summed E-state index contributed by atoms with van der Waals surface area (Å²) in [5.41, 5.74) is 2.06. The molecule has 3 heterocycles. The molecule has 0 unspecified atom stereocenters. The van der Waals surface area contributed by atoms with E-state index in [9.17, 15) is 4.79 Å². The highest BCUT2D eigenvalue weighted by Crippen LogP contribution is 2.24. The minimum absolute atomic E-state index is 0.607. The van der Waals surface area contributed by atoms with Crippen LogP contribution in [0.15, 0.2) is 45.7 Å². The number of fused-ring (bicyclic) bond motifs is 1. The number of carbonyl (C=O) groups excluding carboxylic acids is 1. The Bertz CT molecular complexity index is 699. The fraction of sp³-hybridized carbons (Fsp3) is 0. The van der Waals surface area contributed by atoms with E-state index in [0.717, 1.165) is 17.6 Å². The molecule has 3 rings (SSSR count). The molecule has 84 valence electrons. The fourth-order valence-electron chi connectivity index (χ4n) is 1.64. The van der Waals surface area contributed by atoms with E-state index >= 15 is 0 Å². The first kappa shape index (κ1) is 10.3. The third kappa shape index (κ3) is 1.78. The Hall–Kier alpha value is -1.88. The van der Waals surface area contributed by atoms with Crippen molar-refractivity contribution >= 4 is 27.9 Å². The molecular weight excluding hydrogens is 284 g/mol. The Balaban J connectivity index is 2.16. The van der Waals surface area contributed by atoms with E-state index in [1.807, 2.05) is 22.7 Å². The van der Waals surface area contributed by atoms with E-state index in [4.69, 9.17) is 4.42 Å². The van der Waals surface area contributed by atoms with E-state index in [-0.39, 0.29) is 0 Å². The van der Waals surface area contributed by atoms with Crippen LogP contribution in [0.4, 0.5) is 0 Å². The molecular formula is C12H7BrN2O2. The topological polar surface area (TPSA) is 47.5 Å². The SMILES string of the molecule is O=Cc1ccn2cc(-c3ccc(Br)o3)nc2c1. The average Bonchev–Trinajstić information content (AvgIpc) is 2.93. The summed E-state index contributed by atoms with van der Waals surface area (Å²) in [6.07, 6.45) is 4.46. The van der Waals surface area contributed by atoms with Gasteiger partial charge in [-0.05, 0) is 40.2 Å². The van der Waals surface area contributed by atoms with Gasteiger partial charge in [-0.2, -0.15) is 0 Å². The quantitative estimate of drug-likeness (QED) is 0.681. The number of hydrogen-bond donors (Lipinski definition) is 0. The van der Waals surface area contributed by atoms with Gasteiger partial charge < -0.3 is 8.82 Å². The molecule has 3 aromatic heterocycles. The predicted octanol–water partition coefficient (Wildman–Crippen LogP) is 3.17. The van der Waals surface area contributed by atoms with Crippen LogP contribution in [0, 0.1) is 0 Å². The van der Waals surface area contributed by atoms with Gasteiger partial charge in [-0.25, -0.2) is 4.98 Å². The van der Waals surface area contributed by atoms with Crippen molar-refractivity contribution in [2.24, 2.45) is 0 Å². The Kier molecular flexibility index (Phi) is 2.33. The van der Waals surface area contributed by atoms with Gasteiger partial charge >= 0.3 is 0 Å². The zero-order chi connectivity index (χ0) is 11.8. The van der Waals surface area contributed by atoms with Crippen LogP contribution in [-0.2, 0) is 0 Å². The van der Waals surface area contributed by atoms with Gasteiger partial charge in [0.05, 0.1) is 0 Å². The summed E-state index contributed by atoms with van der Waals surface area (Å²) in [6, 6.07) is 7.13. The van der Waals surface area contributed by atoms with Crippen LogP contribution in [0.2, 0.25) is 0 Å². The number of aromatic nitrogens is 2. The van der Waals surface area contributed by atoms with E-state index in [2.05, 4.69) is 20.9 Å². The van der Waals surface area contributed by atoms with Gasteiger partial charge in [-0.15, -0.1) is 0 Å². The first-order valence-electron chi connectivity index (χ1n) is 4.96. The monoisotopic (exact) mass is 290 g/mol. The number of carbonyl (C=O) groups is 1. The average molecular weight is 291 g/mol. The maximum Gasteiger partial charge on any atom is 0.169 e. The molecule has 0 N–H and O–H groups in total. The molecule has 0 aliphatic heterocycles. The van der Waals surface area contributed by atoms with Crippen molar-refractivity contribution in [1.29, 1.82) is 0 Å². The predicted molar refractivity (Wildman–Crippen MR) is 66.0 cm³/mol. The van der Waals surface area contributed by atoms with E-state index in [1.54, 1.807) is 18.3 Å². The number of furan rings is 1. The van der Waals surface area contributed by atoms with Gasteiger partial charge in [0.2, 0.25) is 0 Å². The van der Waals surface area contributed by atoms with Crippen molar-refractivity contribution in [2.45, 2.75) is 0 Å². The molecule has 3 aromatic rings. The Morgan fingerprint density at radius 3 is 2.94 bits per heavy atom. The van der Waals surface area contributed by atoms with Crippen LogP contribution >= 0.6 is 15.9 Å². The Morgan fingerprint density at radius 2 is 2.24 bits per heavy atom. The number of aldehydes is 1. The molecule has 0 saturated heterocycles. The van der Waals surface area contributed by atoms with Crippen LogP contribution < -0.4 is 0 Å². The largest absolute Gasteiger partial charge is 0.448 e. The van der Waals surface area contributed by atoms with Crippen molar-refractivity contribution < 1.29 is 9.21 Å². The van der Waals surface area contributed by atoms with Crippen LogP contribution in [0.5, 0.6) is 0 Å². The van der Waals surface area contributed by atoms with E-state index in [0.29, 0.717) is 16.0 Å². The third-order valence-corrected chi connectivity index (χ3v) is 2.87. The van der Waals surface area contributed by atoms with Gasteiger partial charge in [0, 0.05) is 18.0 Å². The molecule has 17 heavy (non-hydrogen) atoms. The maximum absolute atomic E-state index is 10.7. The van der Waals surface area contributed by atoms with E-state index < -0.39 is 0 Å². The Labute approximate surface area is 105 Å². The normalized spacial score (nSPS) is 10.9. The zero-order valence-electron chi connectivity index (χ0n) is 8.63. The summed E-state index contributed by atoms with van der Waals surface area (Å²) in [5.74, 6) is 0.688. The maximum atomic E-state index is 10.7. The molecule has 0 aromatic carbocycles. The highest BCUT2D eigenvalue weighted by atomic mass is 79.9. The number of rotatable bonds is 2. The summed E-state index contributed by atoms with van der Waals surface area (Å²) >= 11 is 3.25. The Morgan fingerprint density at radius 1 is 1.35 bits per heavy atom. The van der Waals surface area contributed by atoms with Gasteiger partial charge in [0.25, 0.3) is 0 Å². The summed E-state index contributed by atoms with van der Waals surface area (Å²) in [7, 11) is 0. The molecule has 0 atom stereocenters. The molecule has 0 fully saturated rings. The number of imidazole rings is 1. The van der Waals surface area contributed by atoms with Gasteiger partial charge in [-0.3, -0.25) is 4.79 Å². The lowest BCUT2D eigenvalue weighted by atomic mass is 10.3. The molecule has 5 heteroatoms. The summed E-state index contributed by atoms with van der Waals surface area (Å²) < 4.78 is 7.94. The van der Waals surface area contributed by atoms with Crippen molar-refractivity contribution in [3.8, 4) is 11.5 Å². The van der Waals surface area contributed by atoms with Gasteiger partial charge in [-0.1, -0.05) is 0 Å². The van der Waals surface area contributed by atoms with Crippen molar-refractivity contribution in [3.63, 3.8) is 0 Å². The lowest BCUT2D eigenvalue weighted by molar-refractivity contribution is 0.112. The first-order valence-corrected chi connectivity index (χ1v) is 5.75. The van der Waals surface area contributed by atoms with Crippen molar-refractivity contribution in [1.82, 2.24) is 9.38 Å². The molecule has 0 aliphatic carbocycles. The second-order valence-corrected chi connectivity index (χ2v) is 4.35. The summed E-state index contributed by atoms with van der Waals surface area (Å²) in [6.45, 7) is 0. The lowest BCUT2D eigenvalue weighted by Gasteiger charge is -1.91. The molecule has 0 radical (unpaired) electrons. The molecule has 0 amide bonds. The minimum Gasteiger partial charge on any atom is -0.448 e. The zero-order valence-corrected chi connectivity index (χ0v) is 10.2. The molecule has 4 nitrogen and oxygen atoms in total. The fourth-order valence-corrected chi connectivity index (χ4v) is 1.95. The highest BCUT2D eigenvalue weighted by molar-refractivity contribution is 9.10.